The van der Waals surface area contributed by atoms with Crippen LogP contribution in [-0.2, 0) is 5.88 Å². The van der Waals surface area contributed by atoms with Gasteiger partial charge in [-0.25, -0.2) is 0 Å². The Morgan fingerprint density at radius 2 is 1.67 bits per heavy atom. The molecule has 0 saturated heterocycles. The van der Waals surface area contributed by atoms with Crippen LogP contribution in [0.15, 0.2) is 36.4 Å². The molecule has 0 unspecified atom stereocenters. The quantitative estimate of drug-likeness (QED) is 0.676. The van der Waals surface area contributed by atoms with Gasteiger partial charge in [-0.05, 0) is 54.8 Å². The lowest BCUT2D eigenvalue weighted by Crippen LogP contribution is -1.89. The Bertz CT molecular complexity index is 541. The van der Waals surface area contributed by atoms with Crippen molar-refractivity contribution in [2.45, 2.75) is 19.7 Å². The van der Waals surface area contributed by atoms with Crippen LogP contribution in [-0.4, -0.2) is 0 Å². The van der Waals surface area contributed by atoms with Gasteiger partial charge in [-0.2, -0.15) is 0 Å². The van der Waals surface area contributed by atoms with Gasteiger partial charge in [-0.3, -0.25) is 0 Å². The zero-order valence-electron chi connectivity index (χ0n) is 10.3. The van der Waals surface area contributed by atoms with E-state index in [2.05, 4.69) is 0 Å². The fourth-order valence-corrected chi connectivity index (χ4v) is 2.07. The Balaban J connectivity index is 2.28. The molecule has 0 atom stereocenters. The van der Waals surface area contributed by atoms with E-state index in [1.807, 2.05) is 50.2 Å². The lowest BCUT2D eigenvalue weighted by molar-refractivity contribution is 0.481. The average Bonchev–Trinajstić information content (AvgIpc) is 2.36. The molecule has 2 rings (SSSR count). The molecule has 18 heavy (non-hydrogen) atoms. The second-order valence-corrected chi connectivity index (χ2v) is 4.90. The zero-order chi connectivity index (χ0) is 13.1. The van der Waals surface area contributed by atoms with E-state index >= 15 is 0 Å². The molecule has 0 radical (unpaired) electrons. The summed E-state index contributed by atoms with van der Waals surface area (Å²) in [5, 5.41) is 0.789. The first-order valence-corrected chi connectivity index (χ1v) is 6.61. The topological polar surface area (TPSA) is 9.23 Å². The van der Waals surface area contributed by atoms with Crippen molar-refractivity contribution in [3.63, 3.8) is 0 Å². The number of hydrogen-bond acceptors (Lipinski definition) is 1. The molecule has 0 aliphatic heterocycles. The number of rotatable bonds is 3. The van der Waals surface area contributed by atoms with E-state index in [0.29, 0.717) is 5.88 Å². The molecule has 0 amide bonds. The van der Waals surface area contributed by atoms with Crippen molar-refractivity contribution in [3.05, 3.63) is 58.1 Å². The summed E-state index contributed by atoms with van der Waals surface area (Å²) in [4.78, 5) is 0. The fourth-order valence-electron chi connectivity index (χ4n) is 1.79. The van der Waals surface area contributed by atoms with Crippen molar-refractivity contribution >= 4 is 23.2 Å². The van der Waals surface area contributed by atoms with Crippen LogP contribution in [0.4, 0.5) is 0 Å². The minimum Gasteiger partial charge on any atom is -0.457 e. The monoisotopic (exact) mass is 280 g/mol. The number of aryl methyl sites for hydroxylation is 2. The van der Waals surface area contributed by atoms with Gasteiger partial charge in [0.15, 0.2) is 0 Å². The molecule has 3 heteroatoms. The molecule has 94 valence electrons. The van der Waals surface area contributed by atoms with E-state index in [1.165, 1.54) is 0 Å². The van der Waals surface area contributed by atoms with Gasteiger partial charge in [0.25, 0.3) is 0 Å². The second-order valence-electron chi connectivity index (χ2n) is 4.25. The van der Waals surface area contributed by atoms with Crippen molar-refractivity contribution in [1.82, 2.24) is 0 Å². The first-order chi connectivity index (χ1) is 8.60. The van der Waals surface area contributed by atoms with E-state index in [0.717, 1.165) is 33.2 Å². The minimum atomic E-state index is 0.482. The van der Waals surface area contributed by atoms with Crippen LogP contribution in [0.3, 0.4) is 0 Å². The van der Waals surface area contributed by atoms with Crippen LogP contribution in [0.2, 0.25) is 5.02 Å². The van der Waals surface area contributed by atoms with Gasteiger partial charge in [0, 0.05) is 10.9 Å². The van der Waals surface area contributed by atoms with Crippen LogP contribution in [0.5, 0.6) is 11.5 Å². The molecule has 0 N–H and O–H groups in total. The van der Waals surface area contributed by atoms with Gasteiger partial charge in [0.2, 0.25) is 0 Å². The first kappa shape index (κ1) is 13.3. The third-order valence-electron chi connectivity index (χ3n) is 2.70. The van der Waals surface area contributed by atoms with Crippen LogP contribution < -0.4 is 4.74 Å². The first-order valence-electron chi connectivity index (χ1n) is 5.69. The number of ether oxygens (including phenoxy) is 1. The molecular formula is C15H14Cl2O. The Labute approximate surface area is 117 Å². The second kappa shape index (κ2) is 5.64. The number of alkyl halides is 1. The summed E-state index contributed by atoms with van der Waals surface area (Å²) in [7, 11) is 0. The van der Waals surface area contributed by atoms with Crippen molar-refractivity contribution in [1.29, 1.82) is 0 Å². The molecule has 0 heterocycles. The highest BCUT2D eigenvalue weighted by Crippen LogP contribution is 2.29. The van der Waals surface area contributed by atoms with Gasteiger partial charge in [-0.1, -0.05) is 23.7 Å². The maximum atomic E-state index is 6.13. The predicted molar refractivity (Wildman–Crippen MR) is 77.0 cm³/mol. The number of benzene rings is 2. The fraction of sp³-hybridized carbons (Fsp3) is 0.200. The van der Waals surface area contributed by atoms with Gasteiger partial charge in [0.05, 0.1) is 0 Å². The average molecular weight is 281 g/mol. The molecule has 2 aromatic carbocycles. The van der Waals surface area contributed by atoms with Gasteiger partial charge < -0.3 is 4.74 Å². The van der Waals surface area contributed by atoms with Gasteiger partial charge >= 0.3 is 0 Å². The van der Waals surface area contributed by atoms with E-state index in [-0.39, 0.29) is 0 Å². The highest BCUT2D eigenvalue weighted by molar-refractivity contribution is 6.32. The van der Waals surface area contributed by atoms with Crippen molar-refractivity contribution < 1.29 is 4.74 Å². The standard InChI is InChI=1S/C15H14Cl2O/c1-10-6-14(7-11(2)15(10)17)18-13-5-3-4-12(8-13)9-16/h3-8H,9H2,1-2H3. The summed E-state index contributed by atoms with van der Waals surface area (Å²) in [5.74, 6) is 2.06. The Morgan fingerprint density at radius 3 is 2.28 bits per heavy atom. The summed E-state index contributed by atoms with van der Waals surface area (Å²) >= 11 is 11.9. The summed E-state index contributed by atoms with van der Waals surface area (Å²) in [5.41, 5.74) is 3.07. The van der Waals surface area contributed by atoms with Gasteiger partial charge in [-0.15, -0.1) is 11.6 Å². The summed E-state index contributed by atoms with van der Waals surface area (Å²) < 4.78 is 5.82. The molecule has 0 spiro atoms. The molecule has 2 aromatic rings. The van der Waals surface area contributed by atoms with Crippen LogP contribution >= 0.6 is 23.2 Å². The molecule has 0 bridgehead atoms. The Kier molecular flexibility index (Phi) is 4.15. The van der Waals surface area contributed by atoms with Crippen LogP contribution in [0.1, 0.15) is 16.7 Å². The minimum absolute atomic E-state index is 0.482. The molecular weight excluding hydrogens is 267 g/mol. The number of halogens is 2. The molecule has 0 aliphatic carbocycles. The van der Waals surface area contributed by atoms with Crippen LogP contribution in [0, 0.1) is 13.8 Å². The molecule has 1 nitrogen and oxygen atoms in total. The number of hydrogen-bond donors (Lipinski definition) is 0. The molecule has 0 aromatic heterocycles. The lowest BCUT2D eigenvalue weighted by Gasteiger charge is -2.10. The summed E-state index contributed by atoms with van der Waals surface area (Å²) in [6.07, 6.45) is 0. The summed E-state index contributed by atoms with van der Waals surface area (Å²) in [6.45, 7) is 3.94. The molecule has 0 fully saturated rings. The van der Waals surface area contributed by atoms with Crippen molar-refractivity contribution in [3.8, 4) is 11.5 Å². The van der Waals surface area contributed by atoms with E-state index in [4.69, 9.17) is 27.9 Å². The lowest BCUT2D eigenvalue weighted by atomic mass is 10.1. The van der Waals surface area contributed by atoms with Crippen molar-refractivity contribution in [2.24, 2.45) is 0 Å². The van der Waals surface area contributed by atoms with Gasteiger partial charge in [0.1, 0.15) is 11.5 Å². The third-order valence-corrected chi connectivity index (χ3v) is 3.60. The van der Waals surface area contributed by atoms with Crippen molar-refractivity contribution in [2.75, 3.05) is 0 Å². The smallest absolute Gasteiger partial charge is 0.128 e. The Morgan fingerprint density at radius 1 is 1.00 bits per heavy atom. The maximum Gasteiger partial charge on any atom is 0.128 e. The summed E-state index contributed by atoms with van der Waals surface area (Å²) in [6, 6.07) is 11.6. The predicted octanol–water partition coefficient (Wildman–Crippen LogP) is 5.49. The molecule has 0 saturated carbocycles. The van der Waals surface area contributed by atoms with Crippen LogP contribution in [0.25, 0.3) is 0 Å². The Hall–Kier alpha value is -1.18. The van der Waals surface area contributed by atoms with E-state index < -0.39 is 0 Å². The third kappa shape index (κ3) is 2.98. The molecule has 0 aliphatic rings. The largest absolute Gasteiger partial charge is 0.457 e. The zero-order valence-corrected chi connectivity index (χ0v) is 11.8. The van der Waals surface area contributed by atoms with E-state index in [9.17, 15) is 0 Å². The highest BCUT2D eigenvalue weighted by Gasteiger charge is 2.05. The maximum absolute atomic E-state index is 6.13. The van der Waals surface area contributed by atoms with E-state index in [1.54, 1.807) is 0 Å². The normalized spacial score (nSPS) is 10.4. The highest BCUT2D eigenvalue weighted by atomic mass is 35.5. The SMILES string of the molecule is Cc1cc(Oc2cccc(CCl)c2)cc(C)c1Cl.